The van der Waals surface area contributed by atoms with Crippen LogP contribution in [0.4, 0.5) is 4.39 Å². The van der Waals surface area contributed by atoms with Gasteiger partial charge in [0.15, 0.2) is 0 Å². The molecule has 1 aliphatic heterocycles. The highest BCUT2D eigenvalue weighted by Gasteiger charge is 2.25. The first-order chi connectivity index (χ1) is 11.2. The number of carbonyl (C=O) groups is 1. The summed E-state index contributed by atoms with van der Waals surface area (Å²) in [5.74, 6) is -0.0108. The molecule has 138 valence electrons. The highest BCUT2D eigenvalue weighted by molar-refractivity contribution is 6.04. The lowest BCUT2D eigenvalue weighted by Gasteiger charge is -2.32. The number of piperidine rings is 1. The molecule has 1 aliphatic rings. The van der Waals surface area contributed by atoms with Gasteiger partial charge in [0.2, 0.25) is 0 Å². The van der Waals surface area contributed by atoms with Gasteiger partial charge in [-0.2, -0.15) is 0 Å². The topological polar surface area (TPSA) is 58.1 Å². The largest absolute Gasteiger partial charge is 0.339 e. The van der Waals surface area contributed by atoms with Crippen LogP contribution in [0.1, 0.15) is 30.1 Å². The smallest absolute Gasteiger partial charge is 0.256 e. The van der Waals surface area contributed by atoms with Crippen molar-refractivity contribution < 1.29 is 9.18 Å². The van der Waals surface area contributed by atoms with Gasteiger partial charge >= 0.3 is 0 Å². The Morgan fingerprint density at radius 2 is 1.92 bits per heavy atom. The Balaban J connectivity index is 0.00000156. The minimum atomic E-state index is -0.455. The molecule has 1 fully saturated rings. The van der Waals surface area contributed by atoms with E-state index in [0.29, 0.717) is 35.6 Å². The molecule has 2 aromatic rings. The van der Waals surface area contributed by atoms with E-state index in [-0.39, 0.29) is 30.7 Å². The van der Waals surface area contributed by atoms with Crippen LogP contribution < -0.4 is 5.32 Å². The lowest BCUT2D eigenvalue weighted by Crippen LogP contribution is -2.40. The molecule has 1 amide bonds. The summed E-state index contributed by atoms with van der Waals surface area (Å²) in [6.45, 7) is 5.45. The Bertz CT molecular complexity index is 708. The minimum Gasteiger partial charge on any atom is -0.339 e. The zero-order valence-electron chi connectivity index (χ0n) is 14.1. The fourth-order valence-corrected chi connectivity index (χ4v) is 3.06. The first kappa shape index (κ1) is 21.5. The average Bonchev–Trinajstić information content (AvgIpc) is 2.59. The third-order valence-electron chi connectivity index (χ3n) is 4.35. The van der Waals surface area contributed by atoms with Gasteiger partial charge in [-0.1, -0.05) is 6.92 Å². The summed E-state index contributed by atoms with van der Waals surface area (Å²) in [7, 11) is 0. The van der Waals surface area contributed by atoms with Crippen molar-refractivity contribution in [3.63, 3.8) is 0 Å². The first-order valence-corrected chi connectivity index (χ1v) is 8.09. The van der Waals surface area contributed by atoms with Gasteiger partial charge in [0.1, 0.15) is 11.3 Å². The van der Waals surface area contributed by atoms with Crippen LogP contribution >= 0.6 is 24.8 Å². The number of hydrogen-bond acceptors (Lipinski definition) is 4. The van der Waals surface area contributed by atoms with E-state index in [4.69, 9.17) is 0 Å². The van der Waals surface area contributed by atoms with Gasteiger partial charge in [-0.25, -0.2) is 4.39 Å². The van der Waals surface area contributed by atoms with Crippen molar-refractivity contribution in [2.24, 2.45) is 5.92 Å². The van der Waals surface area contributed by atoms with Crippen molar-refractivity contribution in [1.82, 2.24) is 20.2 Å². The highest BCUT2D eigenvalue weighted by atomic mass is 35.5. The van der Waals surface area contributed by atoms with Crippen LogP contribution in [0.15, 0.2) is 24.5 Å². The van der Waals surface area contributed by atoms with Gasteiger partial charge in [0, 0.05) is 31.5 Å². The number of nitrogens with zero attached hydrogens (tertiary/aromatic N) is 3. The molecule has 1 aromatic heterocycles. The SMILES string of the molecule is CCNCC1CCN(C(=O)c2cc(F)cc3nccnc23)CC1.Cl.Cl. The Morgan fingerprint density at radius 3 is 2.60 bits per heavy atom. The van der Waals surface area contributed by atoms with Crippen molar-refractivity contribution in [2.75, 3.05) is 26.2 Å². The number of halogens is 3. The summed E-state index contributed by atoms with van der Waals surface area (Å²) in [6.07, 6.45) is 4.97. The molecule has 0 bridgehead atoms. The molecule has 0 aliphatic carbocycles. The molecule has 0 radical (unpaired) electrons. The Labute approximate surface area is 159 Å². The summed E-state index contributed by atoms with van der Waals surface area (Å²) >= 11 is 0. The normalized spacial score (nSPS) is 14.7. The Morgan fingerprint density at radius 1 is 1.24 bits per heavy atom. The molecule has 1 aromatic carbocycles. The molecule has 2 heterocycles. The van der Waals surface area contributed by atoms with Gasteiger partial charge in [-0.15, -0.1) is 24.8 Å². The van der Waals surface area contributed by atoms with E-state index in [1.54, 1.807) is 4.90 Å². The highest BCUT2D eigenvalue weighted by Crippen LogP contribution is 2.22. The third-order valence-corrected chi connectivity index (χ3v) is 4.35. The molecule has 25 heavy (non-hydrogen) atoms. The van der Waals surface area contributed by atoms with Crippen molar-refractivity contribution in [3.8, 4) is 0 Å². The fraction of sp³-hybridized carbons (Fsp3) is 0.471. The second-order valence-corrected chi connectivity index (χ2v) is 5.92. The van der Waals surface area contributed by atoms with Crippen LogP contribution in [0.5, 0.6) is 0 Å². The Hall–Kier alpha value is -1.50. The van der Waals surface area contributed by atoms with E-state index in [2.05, 4.69) is 22.2 Å². The summed E-state index contributed by atoms with van der Waals surface area (Å²) in [5.41, 5.74) is 1.18. The fourth-order valence-electron chi connectivity index (χ4n) is 3.06. The molecule has 0 atom stereocenters. The molecule has 0 saturated carbocycles. The molecule has 1 saturated heterocycles. The van der Waals surface area contributed by atoms with Crippen molar-refractivity contribution >= 4 is 41.8 Å². The predicted octanol–water partition coefficient (Wildman–Crippen LogP) is 3.07. The van der Waals surface area contributed by atoms with E-state index in [1.165, 1.54) is 24.5 Å². The molecule has 8 heteroatoms. The molecule has 5 nitrogen and oxygen atoms in total. The summed E-state index contributed by atoms with van der Waals surface area (Å²) in [5, 5.41) is 3.35. The van der Waals surface area contributed by atoms with Crippen LogP contribution in [0, 0.1) is 11.7 Å². The number of aromatic nitrogens is 2. The molecule has 1 N–H and O–H groups in total. The van der Waals surface area contributed by atoms with Gasteiger partial charge < -0.3 is 10.2 Å². The number of amides is 1. The van der Waals surface area contributed by atoms with E-state index < -0.39 is 5.82 Å². The first-order valence-electron chi connectivity index (χ1n) is 8.09. The number of fused-ring (bicyclic) bond motifs is 1. The maximum Gasteiger partial charge on any atom is 0.256 e. The van der Waals surface area contributed by atoms with Gasteiger partial charge in [0.05, 0.1) is 11.1 Å². The number of nitrogens with one attached hydrogen (secondary N) is 1. The molecular formula is C17H23Cl2FN4O. The van der Waals surface area contributed by atoms with Crippen molar-refractivity contribution in [2.45, 2.75) is 19.8 Å². The van der Waals surface area contributed by atoms with Crippen molar-refractivity contribution in [1.29, 1.82) is 0 Å². The monoisotopic (exact) mass is 388 g/mol. The van der Waals surface area contributed by atoms with E-state index in [0.717, 1.165) is 25.9 Å². The molecular weight excluding hydrogens is 366 g/mol. The quantitative estimate of drug-likeness (QED) is 0.873. The second-order valence-electron chi connectivity index (χ2n) is 5.92. The lowest BCUT2D eigenvalue weighted by atomic mass is 9.96. The minimum absolute atomic E-state index is 0. The maximum absolute atomic E-state index is 13.8. The number of likely N-dealkylation sites (tertiary alicyclic amines) is 1. The summed E-state index contributed by atoms with van der Waals surface area (Å²) in [6, 6.07) is 2.58. The predicted molar refractivity (Wildman–Crippen MR) is 101 cm³/mol. The third kappa shape index (κ3) is 5.00. The maximum atomic E-state index is 13.8. The number of benzene rings is 1. The average molecular weight is 389 g/mol. The summed E-state index contributed by atoms with van der Waals surface area (Å²) in [4.78, 5) is 22.9. The zero-order valence-corrected chi connectivity index (χ0v) is 15.7. The van der Waals surface area contributed by atoms with Crippen LogP contribution in [0.25, 0.3) is 11.0 Å². The van der Waals surface area contributed by atoms with Gasteiger partial charge in [0.25, 0.3) is 5.91 Å². The lowest BCUT2D eigenvalue weighted by molar-refractivity contribution is 0.0691. The number of carbonyl (C=O) groups excluding carboxylic acids is 1. The van der Waals surface area contributed by atoms with Gasteiger partial charge in [-0.05, 0) is 37.9 Å². The Kier molecular flexibility index (Phi) is 8.48. The standard InChI is InChI=1S/C17H21FN4O.2ClH/c1-2-19-11-12-3-7-22(8-4-12)17(23)14-9-13(18)10-15-16(14)21-6-5-20-15;;/h5-6,9-10,12,19H,2-4,7-8,11H2,1H3;2*1H. The van der Waals surface area contributed by atoms with E-state index in [9.17, 15) is 9.18 Å². The van der Waals surface area contributed by atoms with Crippen molar-refractivity contribution in [3.05, 3.63) is 35.9 Å². The van der Waals surface area contributed by atoms with Crippen LogP contribution in [-0.4, -0.2) is 47.0 Å². The van der Waals surface area contributed by atoms with Crippen LogP contribution in [0.3, 0.4) is 0 Å². The second kappa shape index (κ2) is 9.85. The molecule has 0 spiro atoms. The number of hydrogen-bond donors (Lipinski definition) is 1. The number of rotatable bonds is 4. The van der Waals surface area contributed by atoms with Crippen LogP contribution in [-0.2, 0) is 0 Å². The van der Waals surface area contributed by atoms with E-state index >= 15 is 0 Å². The molecule has 0 unspecified atom stereocenters. The van der Waals surface area contributed by atoms with Gasteiger partial charge in [-0.3, -0.25) is 14.8 Å². The summed E-state index contributed by atoms with van der Waals surface area (Å²) < 4.78 is 13.8. The molecule has 3 rings (SSSR count). The zero-order chi connectivity index (χ0) is 16.2. The van der Waals surface area contributed by atoms with Crippen LogP contribution in [0.2, 0.25) is 0 Å². The van der Waals surface area contributed by atoms with E-state index in [1.807, 2.05) is 0 Å².